The molecular weight excluding hydrogens is 316 g/mol. The lowest BCUT2D eigenvalue weighted by atomic mass is 9.50. The highest BCUT2D eigenvalue weighted by atomic mass is 16.3. The number of aliphatic hydroxyl groups is 1. The standard InChI is InChI=1S/C25H40O/c1-4-5-6-7-8-18-10-12-22-21-11-9-19-17-20(26)13-15-25(19,3)23(21)14-16-24(18,22)2/h9,11,18,20,22-23,26H,4-8,10,12-17H2,1-3H3/t18?,20?,22?,23?,24-,25+/m1/s1. The van der Waals surface area contributed by atoms with E-state index in [-0.39, 0.29) is 6.10 Å². The van der Waals surface area contributed by atoms with Gasteiger partial charge in [0.25, 0.3) is 0 Å². The Bertz CT molecular complexity index is 587. The molecule has 0 spiro atoms. The highest BCUT2D eigenvalue weighted by Gasteiger charge is 2.55. The van der Waals surface area contributed by atoms with Crippen LogP contribution in [0.4, 0.5) is 0 Å². The van der Waals surface area contributed by atoms with Crippen molar-refractivity contribution in [3.8, 4) is 0 Å². The summed E-state index contributed by atoms with van der Waals surface area (Å²) in [6, 6.07) is 0. The van der Waals surface area contributed by atoms with Crippen molar-refractivity contribution >= 4 is 0 Å². The molecule has 0 bridgehead atoms. The molecule has 0 amide bonds. The third-order valence-electron chi connectivity index (χ3n) is 9.15. The van der Waals surface area contributed by atoms with Gasteiger partial charge >= 0.3 is 0 Å². The van der Waals surface area contributed by atoms with E-state index in [1.165, 1.54) is 64.2 Å². The summed E-state index contributed by atoms with van der Waals surface area (Å²) in [7, 11) is 0. The zero-order valence-electron chi connectivity index (χ0n) is 17.4. The van der Waals surface area contributed by atoms with Crippen LogP contribution in [0.25, 0.3) is 0 Å². The van der Waals surface area contributed by atoms with Crippen molar-refractivity contribution in [1.82, 2.24) is 0 Å². The monoisotopic (exact) mass is 356 g/mol. The number of hydrogen-bond donors (Lipinski definition) is 1. The topological polar surface area (TPSA) is 20.2 Å². The molecule has 3 fully saturated rings. The molecule has 1 nitrogen and oxygen atoms in total. The molecule has 4 aliphatic rings. The second kappa shape index (κ2) is 7.12. The Morgan fingerprint density at radius 1 is 0.962 bits per heavy atom. The molecule has 0 radical (unpaired) electrons. The van der Waals surface area contributed by atoms with Gasteiger partial charge in [0.15, 0.2) is 0 Å². The second-order valence-electron chi connectivity index (χ2n) is 10.4. The van der Waals surface area contributed by atoms with E-state index in [1.54, 1.807) is 11.1 Å². The average Bonchev–Trinajstić information content (AvgIpc) is 2.96. The fourth-order valence-corrected chi connectivity index (χ4v) is 7.38. The van der Waals surface area contributed by atoms with Crippen LogP contribution in [-0.2, 0) is 0 Å². The summed E-state index contributed by atoms with van der Waals surface area (Å²) in [6.45, 7) is 7.47. The average molecular weight is 357 g/mol. The molecule has 0 aromatic rings. The third kappa shape index (κ3) is 2.93. The van der Waals surface area contributed by atoms with Crippen LogP contribution in [0.2, 0.25) is 0 Å². The normalized spacial score (nSPS) is 44.6. The lowest BCUT2D eigenvalue weighted by Gasteiger charge is -2.54. The van der Waals surface area contributed by atoms with Gasteiger partial charge in [0.1, 0.15) is 0 Å². The van der Waals surface area contributed by atoms with Crippen molar-refractivity contribution in [2.45, 2.75) is 104 Å². The van der Waals surface area contributed by atoms with E-state index < -0.39 is 0 Å². The molecule has 0 aromatic heterocycles. The molecule has 0 aliphatic heterocycles. The molecule has 4 unspecified atom stereocenters. The van der Waals surface area contributed by atoms with Crippen LogP contribution in [-0.4, -0.2) is 11.2 Å². The van der Waals surface area contributed by atoms with Crippen LogP contribution >= 0.6 is 0 Å². The van der Waals surface area contributed by atoms with Gasteiger partial charge in [-0.3, -0.25) is 0 Å². The first-order chi connectivity index (χ1) is 12.5. The van der Waals surface area contributed by atoms with Crippen LogP contribution in [0, 0.1) is 28.6 Å². The van der Waals surface area contributed by atoms with Gasteiger partial charge in [0, 0.05) is 0 Å². The van der Waals surface area contributed by atoms with Crippen LogP contribution < -0.4 is 0 Å². The minimum absolute atomic E-state index is 0.0999. The van der Waals surface area contributed by atoms with Crippen LogP contribution in [0.1, 0.15) is 97.8 Å². The summed E-state index contributed by atoms with van der Waals surface area (Å²) in [4.78, 5) is 0. The molecule has 3 saturated carbocycles. The highest BCUT2D eigenvalue weighted by Crippen LogP contribution is 2.65. The minimum Gasteiger partial charge on any atom is -0.393 e. The number of fused-ring (bicyclic) bond motifs is 5. The predicted molar refractivity (Wildman–Crippen MR) is 110 cm³/mol. The molecule has 1 N–H and O–H groups in total. The number of allylic oxidation sites excluding steroid dienone is 3. The van der Waals surface area contributed by atoms with E-state index in [0.29, 0.717) is 10.8 Å². The van der Waals surface area contributed by atoms with Crippen molar-refractivity contribution in [2.75, 3.05) is 0 Å². The first kappa shape index (κ1) is 18.8. The van der Waals surface area contributed by atoms with Crippen molar-refractivity contribution in [1.29, 1.82) is 0 Å². The van der Waals surface area contributed by atoms with E-state index in [2.05, 4.69) is 32.9 Å². The van der Waals surface area contributed by atoms with Gasteiger partial charge in [0.05, 0.1) is 6.10 Å². The van der Waals surface area contributed by atoms with E-state index >= 15 is 0 Å². The zero-order valence-corrected chi connectivity index (χ0v) is 17.4. The first-order valence-electron chi connectivity index (χ1n) is 11.6. The Morgan fingerprint density at radius 2 is 1.81 bits per heavy atom. The predicted octanol–water partition coefficient (Wildman–Crippen LogP) is 6.82. The summed E-state index contributed by atoms with van der Waals surface area (Å²) in [5, 5.41) is 10.1. The molecule has 4 aliphatic carbocycles. The quantitative estimate of drug-likeness (QED) is 0.536. The molecule has 26 heavy (non-hydrogen) atoms. The molecule has 0 heterocycles. The zero-order chi connectivity index (χ0) is 18.4. The van der Waals surface area contributed by atoms with Gasteiger partial charge in [-0.05, 0) is 80.0 Å². The number of rotatable bonds is 5. The first-order valence-corrected chi connectivity index (χ1v) is 11.6. The lowest BCUT2D eigenvalue weighted by molar-refractivity contribution is 0.0429. The van der Waals surface area contributed by atoms with E-state index in [4.69, 9.17) is 0 Å². The van der Waals surface area contributed by atoms with Crippen molar-refractivity contribution in [3.63, 3.8) is 0 Å². The Balaban J connectivity index is 1.53. The maximum Gasteiger partial charge on any atom is 0.0578 e. The molecule has 1 heteroatoms. The van der Waals surface area contributed by atoms with Crippen molar-refractivity contribution < 1.29 is 5.11 Å². The molecule has 4 rings (SSSR count). The summed E-state index contributed by atoms with van der Waals surface area (Å²) in [6.07, 6.45) is 20.8. The van der Waals surface area contributed by atoms with E-state index in [1.807, 2.05) is 0 Å². The SMILES string of the molecule is CCCCCCC1CCC2C3=CC=C4CC(O)CC[C@]4(C)C3CC[C@]12C. The van der Waals surface area contributed by atoms with Gasteiger partial charge in [0.2, 0.25) is 0 Å². The molecule has 6 atom stereocenters. The van der Waals surface area contributed by atoms with Crippen molar-refractivity contribution in [2.24, 2.45) is 28.6 Å². The van der Waals surface area contributed by atoms with E-state index in [9.17, 15) is 5.11 Å². The van der Waals surface area contributed by atoms with Crippen LogP contribution in [0.15, 0.2) is 23.3 Å². The molecule has 146 valence electrons. The van der Waals surface area contributed by atoms with E-state index in [0.717, 1.165) is 30.6 Å². The number of aliphatic hydroxyl groups excluding tert-OH is 1. The van der Waals surface area contributed by atoms with Crippen LogP contribution in [0.3, 0.4) is 0 Å². The minimum atomic E-state index is -0.0999. The fraction of sp³-hybridized carbons (Fsp3) is 0.840. The molecule has 0 aromatic carbocycles. The summed E-state index contributed by atoms with van der Waals surface area (Å²) >= 11 is 0. The maximum absolute atomic E-state index is 10.1. The molecular formula is C25H40O. The Labute approximate surface area is 161 Å². The Morgan fingerprint density at radius 3 is 2.62 bits per heavy atom. The Kier molecular flexibility index (Phi) is 5.14. The third-order valence-corrected chi connectivity index (χ3v) is 9.15. The van der Waals surface area contributed by atoms with Gasteiger partial charge in [-0.1, -0.05) is 69.8 Å². The van der Waals surface area contributed by atoms with Crippen molar-refractivity contribution in [3.05, 3.63) is 23.3 Å². The summed E-state index contributed by atoms with van der Waals surface area (Å²) < 4.78 is 0. The van der Waals surface area contributed by atoms with Crippen LogP contribution in [0.5, 0.6) is 0 Å². The van der Waals surface area contributed by atoms with Gasteiger partial charge in [-0.2, -0.15) is 0 Å². The smallest absolute Gasteiger partial charge is 0.0578 e. The van der Waals surface area contributed by atoms with Gasteiger partial charge < -0.3 is 5.11 Å². The number of hydrogen-bond acceptors (Lipinski definition) is 1. The maximum atomic E-state index is 10.1. The molecule has 0 saturated heterocycles. The summed E-state index contributed by atoms with van der Waals surface area (Å²) in [5.74, 6) is 2.54. The largest absolute Gasteiger partial charge is 0.393 e. The van der Waals surface area contributed by atoms with Gasteiger partial charge in [-0.15, -0.1) is 0 Å². The fourth-order valence-electron chi connectivity index (χ4n) is 7.38. The summed E-state index contributed by atoms with van der Waals surface area (Å²) in [5.41, 5.74) is 4.24. The number of unbranched alkanes of at least 4 members (excludes halogenated alkanes) is 3. The highest BCUT2D eigenvalue weighted by molar-refractivity contribution is 5.38. The second-order valence-corrected chi connectivity index (χ2v) is 10.4. The lowest BCUT2D eigenvalue weighted by Crippen LogP contribution is -2.45. The van der Waals surface area contributed by atoms with Gasteiger partial charge in [-0.25, -0.2) is 0 Å². The Hall–Kier alpha value is -0.560.